The highest BCUT2D eigenvalue weighted by molar-refractivity contribution is 5.75. The monoisotopic (exact) mass is 302 g/mol. The summed E-state index contributed by atoms with van der Waals surface area (Å²) < 4.78 is 0. The quantitative estimate of drug-likeness (QED) is 0.559. The zero-order chi connectivity index (χ0) is 16.5. The van der Waals surface area contributed by atoms with E-state index < -0.39 is 11.4 Å². The Balaban J connectivity index is 2.36. The van der Waals surface area contributed by atoms with E-state index in [1.165, 1.54) is 11.1 Å². The smallest absolute Gasteiger partial charge is 0.309 e. The number of aliphatic carboxylic acids is 1. The van der Waals surface area contributed by atoms with E-state index in [1.54, 1.807) is 0 Å². The summed E-state index contributed by atoms with van der Waals surface area (Å²) in [5.74, 6) is 0.0202. The minimum atomic E-state index is -0.618. The van der Waals surface area contributed by atoms with Gasteiger partial charge in [-0.15, -0.1) is 0 Å². The Morgan fingerprint density at radius 2 is 2.09 bits per heavy atom. The van der Waals surface area contributed by atoms with Crippen molar-refractivity contribution >= 4 is 5.97 Å². The van der Waals surface area contributed by atoms with Crippen molar-refractivity contribution in [1.29, 1.82) is 0 Å². The van der Waals surface area contributed by atoms with E-state index in [0.29, 0.717) is 5.92 Å². The first kappa shape index (κ1) is 17.1. The van der Waals surface area contributed by atoms with Crippen LogP contribution in [0.1, 0.15) is 59.3 Å². The third-order valence-electron chi connectivity index (χ3n) is 6.51. The average Bonchev–Trinajstić information content (AvgIpc) is 2.45. The molecule has 1 N–H and O–H groups in total. The predicted molar refractivity (Wildman–Crippen MR) is 91.6 cm³/mol. The van der Waals surface area contributed by atoms with Gasteiger partial charge in [-0.1, -0.05) is 49.8 Å². The number of carboxylic acids is 1. The van der Waals surface area contributed by atoms with Crippen LogP contribution in [0.3, 0.4) is 0 Å². The molecule has 0 saturated heterocycles. The van der Waals surface area contributed by atoms with E-state index in [4.69, 9.17) is 0 Å². The molecular formula is C20H30O2. The Bertz CT molecular complexity index is 516. The average molecular weight is 302 g/mol. The van der Waals surface area contributed by atoms with Gasteiger partial charge < -0.3 is 5.11 Å². The van der Waals surface area contributed by atoms with Gasteiger partial charge in [0.25, 0.3) is 0 Å². The van der Waals surface area contributed by atoms with E-state index in [2.05, 4.69) is 33.1 Å². The van der Waals surface area contributed by atoms with Crippen molar-refractivity contribution in [1.82, 2.24) is 0 Å². The fourth-order valence-corrected chi connectivity index (χ4v) is 5.03. The third kappa shape index (κ3) is 2.68. The molecule has 2 saturated carbocycles. The van der Waals surface area contributed by atoms with Gasteiger partial charge in [0.1, 0.15) is 0 Å². The highest BCUT2D eigenvalue weighted by Gasteiger charge is 2.57. The molecule has 0 amide bonds. The molecule has 4 atom stereocenters. The maximum absolute atomic E-state index is 11.9. The van der Waals surface area contributed by atoms with Crippen LogP contribution in [-0.4, -0.2) is 11.1 Å². The third-order valence-corrected chi connectivity index (χ3v) is 6.51. The van der Waals surface area contributed by atoms with Crippen molar-refractivity contribution in [2.75, 3.05) is 0 Å². The zero-order valence-electron chi connectivity index (χ0n) is 14.3. The summed E-state index contributed by atoms with van der Waals surface area (Å²) in [5, 5.41) is 9.81. The van der Waals surface area contributed by atoms with Gasteiger partial charge in [-0.3, -0.25) is 4.79 Å². The molecule has 2 rings (SSSR count). The van der Waals surface area contributed by atoms with Gasteiger partial charge in [-0.2, -0.15) is 0 Å². The molecule has 0 aromatic rings. The molecule has 2 nitrogen and oxygen atoms in total. The van der Waals surface area contributed by atoms with E-state index >= 15 is 0 Å². The van der Waals surface area contributed by atoms with Crippen molar-refractivity contribution < 1.29 is 9.90 Å². The fourth-order valence-electron chi connectivity index (χ4n) is 5.03. The first-order valence-corrected chi connectivity index (χ1v) is 8.46. The molecule has 0 unspecified atom stereocenters. The Morgan fingerprint density at radius 1 is 1.41 bits per heavy atom. The van der Waals surface area contributed by atoms with Crippen LogP contribution in [0.25, 0.3) is 0 Å². The first-order chi connectivity index (χ1) is 10.3. The normalized spacial score (nSPS) is 39.2. The zero-order valence-corrected chi connectivity index (χ0v) is 14.3. The molecule has 0 heterocycles. The van der Waals surface area contributed by atoms with Crippen LogP contribution < -0.4 is 0 Å². The molecule has 0 aromatic heterocycles. The Kier molecular flexibility index (Phi) is 4.70. The van der Waals surface area contributed by atoms with Crippen LogP contribution in [0, 0.1) is 22.7 Å². The molecule has 0 aromatic carbocycles. The highest BCUT2D eigenvalue weighted by atomic mass is 16.4. The van der Waals surface area contributed by atoms with Crippen molar-refractivity contribution in [3.63, 3.8) is 0 Å². The maximum Gasteiger partial charge on any atom is 0.309 e. The topological polar surface area (TPSA) is 37.3 Å². The van der Waals surface area contributed by atoms with Gasteiger partial charge >= 0.3 is 5.97 Å². The minimum absolute atomic E-state index is 0.0542. The second-order valence-electron chi connectivity index (χ2n) is 7.77. The second-order valence-corrected chi connectivity index (χ2v) is 7.77. The van der Waals surface area contributed by atoms with Crippen molar-refractivity contribution in [2.45, 2.75) is 59.3 Å². The Morgan fingerprint density at radius 3 is 2.68 bits per heavy atom. The first-order valence-electron chi connectivity index (χ1n) is 8.46. The fraction of sp³-hybridized carbons (Fsp3) is 0.650. The number of carbonyl (C=O) groups is 1. The highest BCUT2D eigenvalue weighted by Crippen LogP contribution is 2.61. The molecule has 2 fully saturated rings. The van der Waals surface area contributed by atoms with Crippen molar-refractivity contribution in [3.05, 3.63) is 36.5 Å². The van der Waals surface area contributed by atoms with Crippen molar-refractivity contribution in [2.24, 2.45) is 22.7 Å². The van der Waals surface area contributed by atoms with Gasteiger partial charge in [0, 0.05) is 0 Å². The summed E-state index contributed by atoms with van der Waals surface area (Å²) in [5.41, 5.74) is 1.97. The molecule has 0 aliphatic heterocycles. The van der Waals surface area contributed by atoms with Crippen LogP contribution in [0.2, 0.25) is 0 Å². The van der Waals surface area contributed by atoms with Crippen LogP contribution in [-0.2, 0) is 4.79 Å². The molecule has 2 aliphatic rings. The number of carboxylic acid groups (broad SMARTS) is 1. The van der Waals surface area contributed by atoms with Gasteiger partial charge in [0.05, 0.1) is 5.41 Å². The Labute approximate surface area is 135 Å². The Hall–Kier alpha value is -1.31. The number of fused-ring (bicyclic) bond motifs is 1. The lowest BCUT2D eigenvalue weighted by Gasteiger charge is -2.57. The summed E-state index contributed by atoms with van der Waals surface area (Å²) in [4.78, 5) is 11.9. The molecule has 0 spiro atoms. The SMILES string of the molecule is C=CC(C)=CC[C@@H]1C(=C)CC[C@@H]2[C@]1(C)CCC[C@]2(C)C(=O)O. The number of hydrogen-bond donors (Lipinski definition) is 1. The van der Waals surface area contributed by atoms with E-state index in [0.717, 1.165) is 38.5 Å². The lowest BCUT2D eigenvalue weighted by Crippen LogP contribution is -2.53. The molecule has 22 heavy (non-hydrogen) atoms. The van der Waals surface area contributed by atoms with Gasteiger partial charge in [0.2, 0.25) is 0 Å². The predicted octanol–water partition coefficient (Wildman–Crippen LogP) is 5.37. The standard InChI is InChI=1S/C20H30O2/c1-6-14(2)8-10-16-15(3)9-11-17-19(16,4)12-7-13-20(17,5)18(21)22/h6,8,16-17H,1,3,7,9-13H2,2,4-5H3,(H,21,22)/t16-,17-,19-,20+/m1/s1. The lowest BCUT2D eigenvalue weighted by atomic mass is 9.46. The number of rotatable bonds is 4. The van der Waals surface area contributed by atoms with Crippen LogP contribution in [0.15, 0.2) is 36.5 Å². The summed E-state index contributed by atoms with van der Waals surface area (Å²) >= 11 is 0. The molecule has 0 radical (unpaired) electrons. The van der Waals surface area contributed by atoms with E-state index in [-0.39, 0.29) is 11.3 Å². The van der Waals surface area contributed by atoms with Gasteiger partial charge in [-0.05, 0) is 63.2 Å². The summed E-state index contributed by atoms with van der Waals surface area (Å²) in [6.45, 7) is 14.5. The maximum atomic E-state index is 11.9. The molecule has 2 heteroatoms. The van der Waals surface area contributed by atoms with Gasteiger partial charge in [-0.25, -0.2) is 0 Å². The number of allylic oxidation sites excluding steroid dienone is 4. The molecule has 0 bridgehead atoms. The minimum Gasteiger partial charge on any atom is -0.481 e. The molecule has 122 valence electrons. The van der Waals surface area contributed by atoms with E-state index in [9.17, 15) is 9.90 Å². The van der Waals surface area contributed by atoms with Gasteiger partial charge in [0.15, 0.2) is 0 Å². The van der Waals surface area contributed by atoms with Crippen LogP contribution in [0.4, 0.5) is 0 Å². The van der Waals surface area contributed by atoms with Crippen LogP contribution in [0.5, 0.6) is 0 Å². The molecule has 2 aliphatic carbocycles. The summed E-state index contributed by atoms with van der Waals surface area (Å²) in [6.07, 6.45) is 9.95. The van der Waals surface area contributed by atoms with Crippen molar-refractivity contribution in [3.8, 4) is 0 Å². The summed E-state index contributed by atoms with van der Waals surface area (Å²) in [6, 6.07) is 0. The van der Waals surface area contributed by atoms with E-state index in [1.807, 2.05) is 13.0 Å². The molecular weight excluding hydrogens is 272 g/mol. The number of hydrogen-bond acceptors (Lipinski definition) is 1. The lowest BCUT2D eigenvalue weighted by molar-refractivity contribution is -0.164. The second kappa shape index (κ2) is 6.06. The van der Waals surface area contributed by atoms with Crippen LogP contribution >= 0.6 is 0 Å². The largest absolute Gasteiger partial charge is 0.481 e. The summed E-state index contributed by atoms with van der Waals surface area (Å²) in [7, 11) is 0.